The number of benzene rings is 1. The normalized spacial score (nSPS) is 12.3. The molecule has 0 fully saturated rings. The van der Waals surface area contributed by atoms with Crippen molar-refractivity contribution in [1.82, 2.24) is 4.98 Å². The van der Waals surface area contributed by atoms with Gasteiger partial charge in [-0.25, -0.2) is 0 Å². The van der Waals surface area contributed by atoms with Crippen LogP contribution in [0.3, 0.4) is 0 Å². The van der Waals surface area contributed by atoms with Crippen molar-refractivity contribution < 1.29 is 26.3 Å². The minimum absolute atomic E-state index is 0.0620. The summed E-state index contributed by atoms with van der Waals surface area (Å²) in [4.78, 5) is 3.81. The Morgan fingerprint density at radius 1 is 0.909 bits per heavy atom. The van der Waals surface area contributed by atoms with E-state index in [1.165, 1.54) is 12.4 Å². The first-order chi connectivity index (χ1) is 10.2. The molecule has 2 aromatic rings. The molecule has 0 spiro atoms. The average Bonchev–Trinajstić information content (AvgIpc) is 2.44. The second kappa shape index (κ2) is 5.86. The highest BCUT2D eigenvalue weighted by Crippen LogP contribution is 2.37. The molecule has 0 radical (unpaired) electrons. The molecule has 1 aromatic heterocycles. The third kappa shape index (κ3) is 4.12. The summed E-state index contributed by atoms with van der Waals surface area (Å²) in [6.07, 6.45) is -6.74. The molecule has 0 saturated heterocycles. The van der Waals surface area contributed by atoms with Gasteiger partial charge in [0.05, 0.1) is 11.1 Å². The fraction of sp³-hybridized carbons (Fsp3) is 0.214. The van der Waals surface area contributed by atoms with E-state index >= 15 is 0 Å². The van der Waals surface area contributed by atoms with Crippen LogP contribution in [0.5, 0.6) is 0 Å². The van der Waals surface area contributed by atoms with Crippen LogP contribution in [-0.4, -0.2) is 4.98 Å². The van der Waals surface area contributed by atoms with E-state index in [0.29, 0.717) is 17.7 Å². The largest absolute Gasteiger partial charge is 0.416 e. The monoisotopic (exact) mass is 320 g/mol. The summed E-state index contributed by atoms with van der Waals surface area (Å²) in [6.45, 7) is 0.0620. The van der Waals surface area contributed by atoms with Crippen molar-refractivity contribution in [3.05, 3.63) is 59.4 Å². The zero-order valence-electron chi connectivity index (χ0n) is 11.0. The molecule has 118 valence electrons. The fourth-order valence-electron chi connectivity index (χ4n) is 1.76. The van der Waals surface area contributed by atoms with Gasteiger partial charge in [0, 0.05) is 24.6 Å². The first-order valence-corrected chi connectivity index (χ1v) is 6.08. The molecule has 2 rings (SSSR count). The predicted octanol–water partition coefficient (Wildman–Crippen LogP) is 4.73. The molecule has 1 N–H and O–H groups in total. The quantitative estimate of drug-likeness (QED) is 0.827. The maximum absolute atomic E-state index is 12.7. The van der Waals surface area contributed by atoms with E-state index in [0.717, 1.165) is 0 Å². The Morgan fingerprint density at radius 2 is 1.50 bits per heavy atom. The Labute approximate surface area is 121 Å². The predicted molar refractivity (Wildman–Crippen MR) is 68.0 cm³/mol. The molecule has 8 heteroatoms. The number of alkyl halides is 6. The second-order valence-electron chi connectivity index (χ2n) is 4.51. The molecule has 0 saturated carbocycles. The van der Waals surface area contributed by atoms with Crippen molar-refractivity contribution in [2.75, 3.05) is 5.32 Å². The number of hydrogen-bond acceptors (Lipinski definition) is 2. The smallest absolute Gasteiger partial charge is 0.381 e. The summed E-state index contributed by atoms with van der Waals surface area (Å²) in [5.74, 6) is 0. The van der Waals surface area contributed by atoms with Gasteiger partial charge in [-0.15, -0.1) is 0 Å². The van der Waals surface area contributed by atoms with Crippen molar-refractivity contribution >= 4 is 5.69 Å². The Kier molecular flexibility index (Phi) is 4.30. The van der Waals surface area contributed by atoms with Crippen LogP contribution in [0.15, 0.2) is 42.7 Å². The van der Waals surface area contributed by atoms with Crippen LogP contribution in [0.4, 0.5) is 32.0 Å². The van der Waals surface area contributed by atoms with E-state index in [1.807, 2.05) is 0 Å². The topological polar surface area (TPSA) is 24.9 Å². The number of pyridine rings is 1. The molecule has 22 heavy (non-hydrogen) atoms. The molecule has 0 aliphatic rings. The summed E-state index contributed by atoms with van der Waals surface area (Å²) < 4.78 is 76.2. The third-order valence-corrected chi connectivity index (χ3v) is 2.81. The van der Waals surface area contributed by atoms with E-state index in [4.69, 9.17) is 0 Å². The molecular weight excluding hydrogens is 310 g/mol. The Balaban J connectivity index is 2.30. The van der Waals surface area contributed by atoms with Gasteiger partial charge in [0.15, 0.2) is 0 Å². The number of anilines is 1. The molecule has 0 amide bonds. The number of hydrogen-bond donors (Lipinski definition) is 1. The van der Waals surface area contributed by atoms with Gasteiger partial charge in [-0.1, -0.05) is 6.07 Å². The van der Waals surface area contributed by atoms with Gasteiger partial charge < -0.3 is 5.32 Å². The lowest BCUT2D eigenvalue weighted by molar-refractivity contribution is -0.143. The second-order valence-corrected chi connectivity index (χ2v) is 4.51. The number of aromatic nitrogens is 1. The maximum Gasteiger partial charge on any atom is 0.416 e. The van der Waals surface area contributed by atoms with Gasteiger partial charge in [-0.2, -0.15) is 26.3 Å². The number of halogens is 6. The SMILES string of the molecule is FC(F)(F)c1cc(NCc2cccnc2)cc(C(F)(F)F)c1. The van der Waals surface area contributed by atoms with Crippen LogP contribution in [0.1, 0.15) is 16.7 Å². The molecule has 0 atom stereocenters. The molecule has 0 unspecified atom stereocenters. The van der Waals surface area contributed by atoms with Gasteiger partial charge in [0.2, 0.25) is 0 Å². The van der Waals surface area contributed by atoms with Crippen molar-refractivity contribution in [2.24, 2.45) is 0 Å². The molecule has 0 aliphatic heterocycles. The van der Waals surface area contributed by atoms with E-state index in [2.05, 4.69) is 10.3 Å². The Bertz CT molecular complexity index is 602. The van der Waals surface area contributed by atoms with Crippen molar-refractivity contribution in [2.45, 2.75) is 18.9 Å². The molecule has 2 nitrogen and oxygen atoms in total. The fourth-order valence-corrected chi connectivity index (χ4v) is 1.76. The number of rotatable bonds is 3. The van der Waals surface area contributed by atoms with Crippen LogP contribution < -0.4 is 5.32 Å². The first-order valence-electron chi connectivity index (χ1n) is 6.08. The van der Waals surface area contributed by atoms with E-state index in [-0.39, 0.29) is 18.3 Å². The van der Waals surface area contributed by atoms with Crippen molar-refractivity contribution in [1.29, 1.82) is 0 Å². The zero-order valence-corrected chi connectivity index (χ0v) is 11.0. The summed E-state index contributed by atoms with van der Waals surface area (Å²) in [5.41, 5.74) is -2.33. The minimum atomic E-state index is -4.86. The van der Waals surface area contributed by atoms with Crippen LogP contribution >= 0.6 is 0 Å². The van der Waals surface area contributed by atoms with Gasteiger partial charge in [0.25, 0.3) is 0 Å². The van der Waals surface area contributed by atoms with E-state index in [9.17, 15) is 26.3 Å². The van der Waals surface area contributed by atoms with Gasteiger partial charge in [-0.05, 0) is 29.8 Å². The minimum Gasteiger partial charge on any atom is -0.381 e. The molecule has 1 aromatic carbocycles. The Morgan fingerprint density at radius 3 is 1.95 bits per heavy atom. The van der Waals surface area contributed by atoms with Crippen LogP contribution in [-0.2, 0) is 18.9 Å². The van der Waals surface area contributed by atoms with Gasteiger partial charge in [-0.3, -0.25) is 4.98 Å². The molecule has 1 heterocycles. The van der Waals surface area contributed by atoms with Gasteiger partial charge in [0.1, 0.15) is 0 Å². The van der Waals surface area contributed by atoms with Crippen LogP contribution in [0.2, 0.25) is 0 Å². The lowest BCUT2D eigenvalue weighted by atomic mass is 10.1. The highest BCUT2D eigenvalue weighted by atomic mass is 19.4. The van der Waals surface area contributed by atoms with Crippen LogP contribution in [0, 0.1) is 0 Å². The summed E-state index contributed by atoms with van der Waals surface area (Å²) in [7, 11) is 0. The maximum atomic E-state index is 12.7. The van der Waals surface area contributed by atoms with E-state index < -0.39 is 23.5 Å². The highest BCUT2D eigenvalue weighted by molar-refractivity contribution is 5.50. The molecule has 0 bridgehead atoms. The zero-order chi connectivity index (χ0) is 16.4. The van der Waals surface area contributed by atoms with E-state index in [1.54, 1.807) is 12.1 Å². The Hall–Kier alpha value is -2.25. The van der Waals surface area contributed by atoms with Crippen LogP contribution in [0.25, 0.3) is 0 Å². The third-order valence-electron chi connectivity index (χ3n) is 2.81. The highest BCUT2D eigenvalue weighted by Gasteiger charge is 2.36. The summed E-state index contributed by atoms with van der Waals surface area (Å²) in [5, 5.41) is 2.55. The average molecular weight is 320 g/mol. The molecular formula is C14H10F6N2. The summed E-state index contributed by atoms with van der Waals surface area (Å²) >= 11 is 0. The summed E-state index contributed by atoms with van der Waals surface area (Å²) in [6, 6.07) is 4.65. The number of nitrogens with one attached hydrogen (secondary N) is 1. The lowest BCUT2D eigenvalue weighted by Crippen LogP contribution is -2.12. The standard InChI is InChI=1S/C14H10F6N2/c15-13(16,17)10-4-11(14(18,19)20)6-12(5-10)22-8-9-2-1-3-21-7-9/h1-7,22H,8H2. The van der Waals surface area contributed by atoms with Crippen molar-refractivity contribution in [3.8, 4) is 0 Å². The first kappa shape index (κ1) is 16.1. The lowest BCUT2D eigenvalue weighted by Gasteiger charge is -2.15. The van der Waals surface area contributed by atoms with Crippen molar-refractivity contribution in [3.63, 3.8) is 0 Å². The van der Waals surface area contributed by atoms with Gasteiger partial charge >= 0.3 is 12.4 Å². The molecule has 0 aliphatic carbocycles. The number of nitrogens with zero attached hydrogens (tertiary/aromatic N) is 1.